The fraction of sp³-hybridized carbons (Fsp3) is 0.375. The summed E-state index contributed by atoms with van der Waals surface area (Å²) in [5.41, 5.74) is 1.17. The van der Waals surface area contributed by atoms with Crippen LogP contribution in [0.25, 0.3) is 10.6 Å². The van der Waals surface area contributed by atoms with Gasteiger partial charge in [-0.05, 0) is 25.1 Å². The van der Waals surface area contributed by atoms with Crippen molar-refractivity contribution in [2.75, 3.05) is 20.8 Å². The van der Waals surface area contributed by atoms with Crippen molar-refractivity contribution in [3.63, 3.8) is 0 Å². The van der Waals surface area contributed by atoms with Crippen molar-refractivity contribution in [3.05, 3.63) is 34.3 Å². The number of carbonyl (C=O) groups excluding carboxylic acids is 1. The molecule has 2 aromatic rings. The van der Waals surface area contributed by atoms with E-state index in [-0.39, 0.29) is 6.10 Å². The van der Waals surface area contributed by atoms with E-state index in [1.54, 1.807) is 25.4 Å². The number of esters is 1. The van der Waals surface area contributed by atoms with Gasteiger partial charge in [0.05, 0.1) is 25.0 Å². The summed E-state index contributed by atoms with van der Waals surface area (Å²) in [4.78, 5) is 16.1. The second-order valence-electron chi connectivity index (χ2n) is 4.92. The molecule has 5 nitrogen and oxygen atoms in total. The van der Waals surface area contributed by atoms with Gasteiger partial charge in [0.25, 0.3) is 0 Å². The highest BCUT2D eigenvalue weighted by atomic mass is 35.5. The van der Waals surface area contributed by atoms with Crippen molar-refractivity contribution in [1.29, 1.82) is 0 Å². The maximum Gasteiger partial charge on any atom is 0.338 e. The second-order valence-corrected chi connectivity index (χ2v) is 6.58. The lowest BCUT2D eigenvalue weighted by Gasteiger charge is -2.15. The van der Waals surface area contributed by atoms with E-state index in [2.05, 4.69) is 4.98 Å². The monoisotopic (exact) mass is 355 g/mol. The van der Waals surface area contributed by atoms with E-state index in [0.29, 0.717) is 22.3 Å². The zero-order valence-electron chi connectivity index (χ0n) is 13.2. The quantitative estimate of drug-likeness (QED) is 0.701. The first-order valence-electron chi connectivity index (χ1n) is 7.04. The number of nitrogens with zero attached hydrogens (tertiary/aromatic N) is 1. The molecule has 0 aliphatic carbocycles. The van der Waals surface area contributed by atoms with Gasteiger partial charge in [-0.3, -0.25) is 0 Å². The highest BCUT2D eigenvalue weighted by Gasteiger charge is 2.14. The molecule has 1 aromatic carbocycles. The summed E-state index contributed by atoms with van der Waals surface area (Å²) in [5.74, 6) is 0.154. The third kappa shape index (κ3) is 4.92. The van der Waals surface area contributed by atoms with Crippen LogP contribution in [0, 0.1) is 0 Å². The molecule has 0 unspecified atom stereocenters. The number of rotatable bonds is 7. The number of ether oxygens (including phenoxy) is 3. The van der Waals surface area contributed by atoms with E-state index in [0.717, 1.165) is 17.0 Å². The highest BCUT2D eigenvalue weighted by Crippen LogP contribution is 2.32. The molecule has 0 saturated carbocycles. The molecular weight excluding hydrogens is 338 g/mol. The molecule has 23 heavy (non-hydrogen) atoms. The normalized spacial score (nSPS) is 12.0. The maximum atomic E-state index is 11.9. The van der Waals surface area contributed by atoms with Gasteiger partial charge in [-0.1, -0.05) is 11.6 Å². The van der Waals surface area contributed by atoms with Gasteiger partial charge < -0.3 is 14.2 Å². The zero-order chi connectivity index (χ0) is 16.8. The molecule has 0 spiro atoms. The lowest BCUT2D eigenvalue weighted by Crippen LogP contribution is -2.14. The minimum absolute atomic E-state index is 0.0458. The van der Waals surface area contributed by atoms with E-state index in [4.69, 9.17) is 25.8 Å². The van der Waals surface area contributed by atoms with Crippen LogP contribution < -0.4 is 4.74 Å². The Bertz CT molecular complexity index is 674. The SMILES string of the molecule is COCC[C@@H](C)Oc1cc(C(=O)OC)cc(-c2ncc(Cl)s2)c1. The Morgan fingerprint density at radius 3 is 2.74 bits per heavy atom. The summed E-state index contributed by atoms with van der Waals surface area (Å²) in [6.45, 7) is 2.55. The molecule has 7 heteroatoms. The number of carbonyl (C=O) groups is 1. The van der Waals surface area contributed by atoms with Crippen molar-refractivity contribution in [2.45, 2.75) is 19.4 Å². The highest BCUT2D eigenvalue weighted by molar-refractivity contribution is 7.18. The van der Waals surface area contributed by atoms with Crippen LogP contribution in [0.2, 0.25) is 4.34 Å². The Hall–Kier alpha value is -1.63. The van der Waals surface area contributed by atoms with E-state index < -0.39 is 5.97 Å². The van der Waals surface area contributed by atoms with Crippen molar-refractivity contribution in [3.8, 4) is 16.3 Å². The Labute approximate surface area is 144 Å². The summed E-state index contributed by atoms with van der Waals surface area (Å²) in [6, 6.07) is 5.21. The van der Waals surface area contributed by atoms with Crippen LogP contribution in [0.1, 0.15) is 23.7 Å². The topological polar surface area (TPSA) is 57.7 Å². The molecule has 0 N–H and O–H groups in total. The lowest BCUT2D eigenvalue weighted by atomic mass is 10.1. The molecule has 2 rings (SSSR count). The van der Waals surface area contributed by atoms with E-state index in [1.165, 1.54) is 18.4 Å². The van der Waals surface area contributed by atoms with Gasteiger partial charge in [0.1, 0.15) is 15.1 Å². The number of thiazole rings is 1. The van der Waals surface area contributed by atoms with Gasteiger partial charge >= 0.3 is 5.97 Å². The first kappa shape index (κ1) is 17.7. The van der Waals surface area contributed by atoms with Gasteiger partial charge in [0.15, 0.2) is 0 Å². The Morgan fingerprint density at radius 2 is 2.13 bits per heavy atom. The maximum absolute atomic E-state index is 11.9. The summed E-state index contributed by atoms with van der Waals surface area (Å²) < 4.78 is 16.3. The van der Waals surface area contributed by atoms with Crippen LogP contribution in [0.4, 0.5) is 0 Å². The largest absolute Gasteiger partial charge is 0.491 e. The number of halogens is 1. The van der Waals surface area contributed by atoms with Gasteiger partial charge in [0, 0.05) is 25.7 Å². The van der Waals surface area contributed by atoms with Crippen molar-refractivity contribution in [1.82, 2.24) is 4.98 Å². The third-order valence-corrected chi connectivity index (χ3v) is 4.28. The average molecular weight is 356 g/mol. The minimum Gasteiger partial charge on any atom is -0.491 e. The van der Waals surface area contributed by atoms with Crippen LogP contribution in [-0.2, 0) is 9.47 Å². The predicted octanol–water partition coefficient (Wildman–Crippen LogP) is 4.05. The van der Waals surface area contributed by atoms with Crippen molar-refractivity contribution < 1.29 is 19.0 Å². The Kier molecular flexibility index (Phi) is 6.38. The molecule has 0 fully saturated rings. The second kappa shape index (κ2) is 8.29. The van der Waals surface area contributed by atoms with Crippen LogP contribution in [-0.4, -0.2) is 37.9 Å². The number of hydrogen-bond donors (Lipinski definition) is 0. The molecule has 0 bridgehead atoms. The molecule has 0 aliphatic rings. The fourth-order valence-electron chi connectivity index (χ4n) is 1.99. The molecule has 1 heterocycles. The number of aromatic nitrogens is 1. The molecule has 124 valence electrons. The molecule has 1 aromatic heterocycles. The Morgan fingerprint density at radius 1 is 1.35 bits per heavy atom. The van der Waals surface area contributed by atoms with Gasteiger partial charge in [-0.15, -0.1) is 11.3 Å². The third-order valence-electron chi connectivity index (χ3n) is 3.12. The number of methoxy groups -OCH3 is 2. The van der Waals surface area contributed by atoms with Crippen LogP contribution in [0.5, 0.6) is 5.75 Å². The lowest BCUT2D eigenvalue weighted by molar-refractivity contribution is 0.0599. The molecular formula is C16H18ClNO4S. The molecule has 0 amide bonds. The van der Waals surface area contributed by atoms with Gasteiger partial charge in [-0.25, -0.2) is 9.78 Å². The zero-order valence-corrected chi connectivity index (χ0v) is 14.7. The first-order valence-corrected chi connectivity index (χ1v) is 8.23. The Balaban J connectivity index is 2.31. The molecule has 0 radical (unpaired) electrons. The van der Waals surface area contributed by atoms with Gasteiger partial charge in [0.2, 0.25) is 0 Å². The van der Waals surface area contributed by atoms with E-state index >= 15 is 0 Å². The smallest absolute Gasteiger partial charge is 0.338 e. The minimum atomic E-state index is -0.427. The van der Waals surface area contributed by atoms with Crippen LogP contribution in [0.15, 0.2) is 24.4 Å². The number of hydrogen-bond acceptors (Lipinski definition) is 6. The predicted molar refractivity (Wildman–Crippen MR) is 90.5 cm³/mol. The van der Waals surface area contributed by atoms with Gasteiger partial charge in [-0.2, -0.15) is 0 Å². The van der Waals surface area contributed by atoms with Crippen LogP contribution >= 0.6 is 22.9 Å². The van der Waals surface area contributed by atoms with Crippen molar-refractivity contribution >= 4 is 28.9 Å². The summed E-state index contributed by atoms with van der Waals surface area (Å²) in [6.07, 6.45) is 2.28. The van der Waals surface area contributed by atoms with Crippen LogP contribution in [0.3, 0.4) is 0 Å². The summed E-state index contributed by atoms with van der Waals surface area (Å²) in [7, 11) is 2.99. The standard InChI is InChI=1S/C16H18ClNO4S/c1-10(4-5-20-2)22-13-7-11(15-18-9-14(17)23-15)6-12(8-13)16(19)21-3/h6-10H,4-5H2,1-3H3/t10-/m1/s1. The molecule has 0 saturated heterocycles. The van der Waals surface area contributed by atoms with E-state index in [9.17, 15) is 4.79 Å². The number of benzene rings is 1. The van der Waals surface area contributed by atoms with Crippen molar-refractivity contribution in [2.24, 2.45) is 0 Å². The summed E-state index contributed by atoms with van der Waals surface area (Å²) in [5, 5.41) is 0.718. The molecule has 1 atom stereocenters. The average Bonchev–Trinajstić information content (AvgIpc) is 2.98. The first-order chi connectivity index (χ1) is 11.0. The molecule has 0 aliphatic heterocycles. The summed E-state index contributed by atoms with van der Waals surface area (Å²) >= 11 is 7.28. The van der Waals surface area contributed by atoms with E-state index in [1.807, 2.05) is 13.0 Å². The fourth-order valence-corrected chi connectivity index (χ4v) is 2.89.